The number of nitrogens with zero attached hydrogens (tertiary/aromatic N) is 2. The second kappa shape index (κ2) is 5.58. The van der Waals surface area contributed by atoms with Gasteiger partial charge >= 0.3 is 0 Å². The zero-order valence-electron chi connectivity index (χ0n) is 11.5. The standard InChI is InChI=1S/C17H16N2S/c1-2-3-10-19-16-7-5-4-6-14(16)15-11-13(18-12-20)8-9-17(15)19/h4-9,11H,2-3,10H2,1H3. The molecule has 20 heavy (non-hydrogen) atoms. The van der Waals surface area contributed by atoms with Gasteiger partial charge < -0.3 is 4.57 Å². The van der Waals surface area contributed by atoms with E-state index < -0.39 is 0 Å². The molecule has 0 unspecified atom stereocenters. The van der Waals surface area contributed by atoms with E-state index in [-0.39, 0.29) is 0 Å². The van der Waals surface area contributed by atoms with E-state index in [1.807, 2.05) is 6.07 Å². The van der Waals surface area contributed by atoms with Gasteiger partial charge in [-0.25, -0.2) is 0 Å². The summed E-state index contributed by atoms with van der Waals surface area (Å²) in [6.07, 6.45) is 2.38. The number of rotatable bonds is 4. The van der Waals surface area contributed by atoms with Crippen LogP contribution in [0.25, 0.3) is 21.8 Å². The second-order valence-corrected chi connectivity index (χ2v) is 5.11. The van der Waals surface area contributed by atoms with Gasteiger partial charge in [0.2, 0.25) is 0 Å². The SMILES string of the molecule is CCCCn1c2ccccc2c2cc(N=C=S)ccc21. The molecule has 1 aromatic heterocycles. The van der Waals surface area contributed by atoms with Crippen LogP contribution in [0.1, 0.15) is 19.8 Å². The first-order chi connectivity index (χ1) is 9.85. The summed E-state index contributed by atoms with van der Waals surface area (Å²) in [5.41, 5.74) is 3.42. The maximum atomic E-state index is 4.69. The molecule has 3 aromatic rings. The fourth-order valence-electron chi connectivity index (χ4n) is 2.72. The molecule has 0 amide bonds. The number of hydrogen-bond acceptors (Lipinski definition) is 2. The lowest BCUT2D eigenvalue weighted by Crippen LogP contribution is -1.96. The summed E-state index contributed by atoms with van der Waals surface area (Å²) in [5.74, 6) is 0. The highest BCUT2D eigenvalue weighted by molar-refractivity contribution is 7.78. The van der Waals surface area contributed by atoms with Gasteiger partial charge in [-0.3, -0.25) is 0 Å². The molecule has 0 fully saturated rings. The highest BCUT2D eigenvalue weighted by Gasteiger charge is 2.10. The minimum Gasteiger partial charge on any atom is -0.340 e. The van der Waals surface area contributed by atoms with E-state index in [4.69, 9.17) is 12.2 Å². The molecule has 0 spiro atoms. The molecule has 0 aliphatic carbocycles. The van der Waals surface area contributed by atoms with Gasteiger partial charge in [0, 0.05) is 28.4 Å². The minimum absolute atomic E-state index is 0.867. The van der Waals surface area contributed by atoms with Crippen molar-refractivity contribution in [3.63, 3.8) is 0 Å². The van der Waals surface area contributed by atoms with Gasteiger partial charge in [-0.1, -0.05) is 31.5 Å². The summed E-state index contributed by atoms with van der Waals surface area (Å²) >= 11 is 4.69. The average molecular weight is 280 g/mol. The van der Waals surface area contributed by atoms with Crippen LogP contribution in [0.15, 0.2) is 47.5 Å². The maximum absolute atomic E-state index is 4.69. The molecule has 3 rings (SSSR count). The molecular weight excluding hydrogens is 264 g/mol. The van der Waals surface area contributed by atoms with E-state index in [9.17, 15) is 0 Å². The van der Waals surface area contributed by atoms with Gasteiger partial charge in [0.25, 0.3) is 0 Å². The fraction of sp³-hybridized carbons (Fsp3) is 0.235. The predicted molar refractivity (Wildman–Crippen MR) is 89.0 cm³/mol. The monoisotopic (exact) mass is 280 g/mol. The summed E-state index contributed by atoms with van der Waals surface area (Å²) in [6, 6.07) is 14.8. The molecule has 2 nitrogen and oxygen atoms in total. The van der Waals surface area contributed by atoms with Crippen LogP contribution < -0.4 is 0 Å². The van der Waals surface area contributed by atoms with E-state index in [2.05, 4.69) is 58.0 Å². The number of unbranched alkanes of at least 4 members (excludes halogenated alkanes) is 1. The van der Waals surface area contributed by atoms with Gasteiger partial charge in [0.05, 0.1) is 10.8 Å². The Hall–Kier alpha value is -1.96. The molecule has 0 saturated carbocycles. The molecular formula is C17H16N2S. The van der Waals surface area contributed by atoms with Crippen molar-refractivity contribution in [1.29, 1.82) is 0 Å². The number of fused-ring (bicyclic) bond motifs is 3. The summed E-state index contributed by atoms with van der Waals surface area (Å²) in [6.45, 7) is 3.27. The number of thiocarbonyl (C=S) groups is 1. The van der Waals surface area contributed by atoms with Crippen molar-refractivity contribution in [2.75, 3.05) is 0 Å². The topological polar surface area (TPSA) is 17.3 Å². The molecule has 2 aromatic carbocycles. The number of aromatic nitrogens is 1. The van der Waals surface area contributed by atoms with Crippen molar-refractivity contribution in [2.45, 2.75) is 26.3 Å². The Bertz CT molecular complexity index is 810. The summed E-state index contributed by atoms with van der Waals surface area (Å²) in [5, 5.41) is 4.96. The van der Waals surface area contributed by atoms with Crippen molar-refractivity contribution in [3.05, 3.63) is 42.5 Å². The van der Waals surface area contributed by atoms with E-state index in [0.29, 0.717) is 0 Å². The van der Waals surface area contributed by atoms with Crippen LogP contribution in [0.4, 0.5) is 5.69 Å². The normalized spacial score (nSPS) is 10.8. The summed E-state index contributed by atoms with van der Waals surface area (Å²) in [4.78, 5) is 4.09. The van der Waals surface area contributed by atoms with E-state index >= 15 is 0 Å². The van der Waals surface area contributed by atoms with Crippen molar-refractivity contribution >= 4 is 44.9 Å². The molecule has 0 aliphatic heterocycles. The van der Waals surface area contributed by atoms with Gasteiger partial charge in [0.1, 0.15) is 0 Å². The van der Waals surface area contributed by atoms with Crippen LogP contribution in [-0.2, 0) is 6.54 Å². The first-order valence-electron chi connectivity index (χ1n) is 6.94. The smallest absolute Gasteiger partial charge is 0.0747 e. The van der Waals surface area contributed by atoms with Crippen LogP contribution >= 0.6 is 12.2 Å². The lowest BCUT2D eigenvalue weighted by Gasteiger charge is -2.06. The van der Waals surface area contributed by atoms with Crippen LogP contribution in [0, 0.1) is 0 Å². The summed E-state index contributed by atoms with van der Waals surface area (Å²) in [7, 11) is 0. The van der Waals surface area contributed by atoms with E-state index in [1.54, 1.807) is 0 Å². The first-order valence-corrected chi connectivity index (χ1v) is 7.35. The maximum Gasteiger partial charge on any atom is 0.0747 e. The zero-order chi connectivity index (χ0) is 13.9. The van der Waals surface area contributed by atoms with Crippen LogP contribution in [0.2, 0.25) is 0 Å². The van der Waals surface area contributed by atoms with Crippen molar-refractivity contribution in [1.82, 2.24) is 4.57 Å². The van der Waals surface area contributed by atoms with Crippen molar-refractivity contribution in [2.24, 2.45) is 4.99 Å². The Morgan fingerprint density at radius 3 is 2.70 bits per heavy atom. The largest absolute Gasteiger partial charge is 0.340 e. The predicted octanol–water partition coefficient (Wildman–Crippen LogP) is 5.33. The number of aliphatic imine (C=N–C) groups is 1. The molecule has 100 valence electrons. The molecule has 0 atom stereocenters. The van der Waals surface area contributed by atoms with Crippen LogP contribution in [0.3, 0.4) is 0 Å². The number of aryl methyl sites for hydroxylation is 1. The molecule has 3 heteroatoms. The quantitative estimate of drug-likeness (QED) is 0.466. The van der Waals surface area contributed by atoms with Gasteiger partial charge in [-0.15, -0.1) is 0 Å². The Morgan fingerprint density at radius 2 is 1.90 bits per heavy atom. The first kappa shape index (κ1) is 13.0. The van der Waals surface area contributed by atoms with E-state index in [1.165, 1.54) is 34.6 Å². The Labute approximate surface area is 123 Å². The third-order valence-corrected chi connectivity index (χ3v) is 3.76. The molecule has 1 heterocycles. The Morgan fingerprint density at radius 1 is 1.10 bits per heavy atom. The lowest BCUT2D eigenvalue weighted by molar-refractivity contribution is 0.665. The third kappa shape index (κ3) is 2.15. The molecule has 0 radical (unpaired) electrons. The van der Waals surface area contributed by atoms with Crippen molar-refractivity contribution < 1.29 is 0 Å². The fourth-order valence-corrected chi connectivity index (χ4v) is 2.83. The molecule has 0 bridgehead atoms. The van der Waals surface area contributed by atoms with E-state index in [0.717, 1.165) is 12.2 Å². The van der Waals surface area contributed by atoms with Gasteiger partial charge in [-0.05, 0) is 42.9 Å². The molecule has 0 saturated heterocycles. The highest BCUT2D eigenvalue weighted by Crippen LogP contribution is 2.31. The van der Waals surface area contributed by atoms with Crippen LogP contribution in [-0.4, -0.2) is 9.73 Å². The third-order valence-electron chi connectivity index (χ3n) is 3.67. The number of benzene rings is 2. The number of para-hydroxylation sites is 1. The Balaban J connectivity index is 2.31. The summed E-state index contributed by atoms with van der Waals surface area (Å²) < 4.78 is 2.40. The van der Waals surface area contributed by atoms with Crippen molar-refractivity contribution in [3.8, 4) is 0 Å². The Kier molecular flexibility index (Phi) is 3.64. The number of hydrogen-bond donors (Lipinski definition) is 0. The second-order valence-electron chi connectivity index (χ2n) is 4.93. The van der Waals surface area contributed by atoms with Gasteiger partial charge in [-0.2, -0.15) is 4.99 Å². The minimum atomic E-state index is 0.867. The highest BCUT2D eigenvalue weighted by atomic mass is 32.1. The average Bonchev–Trinajstić information content (AvgIpc) is 2.79. The zero-order valence-corrected chi connectivity index (χ0v) is 12.3. The molecule has 0 N–H and O–H groups in total. The number of isothiocyanates is 1. The van der Waals surface area contributed by atoms with Crippen LogP contribution in [0.5, 0.6) is 0 Å². The lowest BCUT2D eigenvalue weighted by atomic mass is 10.1. The molecule has 0 aliphatic rings. The van der Waals surface area contributed by atoms with Gasteiger partial charge in [0.15, 0.2) is 0 Å².